The highest BCUT2D eigenvalue weighted by molar-refractivity contribution is 4.80. The van der Waals surface area contributed by atoms with E-state index in [9.17, 15) is 0 Å². The van der Waals surface area contributed by atoms with Gasteiger partial charge in [0.2, 0.25) is 0 Å². The van der Waals surface area contributed by atoms with Crippen LogP contribution in [-0.4, -0.2) is 38.1 Å². The highest BCUT2D eigenvalue weighted by atomic mass is 16.5. The van der Waals surface area contributed by atoms with Crippen LogP contribution in [-0.2, 0) is 9.47 Å². The van der Waals surface area contributed by atoms with Gasteiger partial charge >= 0.3 is 0 Å². The minimum absolute atomic E-state index is 0.0855. The van der Waals surface area contributed by atoms with Gasteiger partial charge in [-0.3, -0.25) is 0 Å². The Hall–Kier alpha value is -0.380. The first-order chi connectivity index (χ1) is 7.41. The van der Waals surface area contributed by atoms with Gasteiger partial charge in [0.05, 0.1) is 26.4 Å². The van der Waals surface area contributed by atoms with E-state index in [4.69, 9.17) is 14.6 Å². The molecular weight excluding hydrogens is 192 g/mol. The summed E-state index contributed by atoms with van der Waals surface area (Å²) in [5.41, 5.74) is 0. The van der Waals surface area contributed by atoms with Crippen molar-refractivity contribution in [2.24, 2.45) is 0 Å². The predicted octanol–water partition coefficient (Wildman–Crippen LogP) is 2.15. The topological polar surface area (TPSA) is 38.7 Å². The predicted molar refractivity (Wildman–Crippen MR) is 62.0 cm³/mol. The van der Waals surface area contributed by atoms with Crippen LogP contribution >= 0.6 is 0 Å². The summed E-state index contributed by atoms with van der Waals surface area (Å²) in [7, 11) is 0. The second-order valence-electron chi connectivity index (χ2n) is 3.35. The lowest BCUT2D eigenvalue weighted by molar-refractivity contribution is 0.0327. The third-order valence-electron chi connectivity index (χ3n) is 1.89. The van der Waals surface area contributed by atoms with Gasteiger partial charge in [0, 0.05) is 6.61 Å². The monoisotopic (exact) mass is 216 g/mol. The van der Waals surface area contributed by atoms with Crippen LogP contribution in [0, 0.1) is 0 Å². The molecule has 0 heterocycles. The summed E-state index contributed by atoms with van der Waals surface area (Å²) in [5, 5.41) is 8.44. The molecule has 0 aliphatic carbocycles. The van der Waals surface area contributed by atoms with E-state index in [1.807, 2.05) is 0 Å². The van der Waals surface area contributed by atoms with Gasteiger partial charge in [0.1, 0.15) is 0 Å². The standard InChI is InChI=1S/C12H24O3/c1-2-3-4-5-6-7-9-14-11-12-15-10-8-13/h4-5,13H,2-3,6-12H2,1H3/b5-4+. The lowest BCUT2D eigenvalue weighted by Gasteiger charge is -2.03. The highest BCUT2D eigenvalue weighted by Gasteiger charge is 1.88. The van der Waals surface area contributed by atoms with Crippen molar-refractivity contribution in [3.63, 3.8) is 0 Å². The molecule has 90 valence electrons. The van der Waals surface area contributed by atoms with Crippen LogP contribution in [0.25, 0.3) is 0 Å². The van der Waals surface area contributed by atoms with Crippen LogP contribution in [0.2, 0.25) is 0 Å². The van der Waals surface area contributed by atoms with Gasteiger partial charge in [-0.05, 0) is 19.3 Å². The summed E-state index contributed by atoms with van der Waals surface area (Å²) in [5.74, 6) is 0. The first-order valence-electron chi connectivity index (χ1n) is 5.83. The minimum atomic E-state index is 0.0855. The largest absolute Gasteiger partial charge is 0.394 e. The second-order valence-corrected chi connectivity index (χ2v) is 3.35. The smallest absolute Gasteiger partial charge is 0.0701 e. The summed E-state index contributed by atoms with van der Waals surface area (Å²) in [4.78, 5) is 0. The number of ether oxygens (including phenoxy) is 2. The molecule has 3 nitrogen and oxygen atoms in total. The van der Waals surface area contributed by atoms with E-state index in [1.165, 1.54) is 12.8 Å². The molecule has 0 bridgehead atoms. The van der Waals surface area contributed by atoms with Gasteiger partial charge in [0.25, 0.3) is 0 Å². The van der Waals surface area contributed by atoms with Crippen molar-refractivity contribution in [1.82, 2.24) is 0 Å². The summed E-state index contributed by atoms with van der Waals surface area (Å²) >= 11 is 0. The SMILES string of the molecule is CCC/C=C/CCCOCCOCCO. The average Bonchev–Trinajstić information content (AvgIpc) is 2.26. The Balaban J connectivity index is 2.92. The molecule has 0 rings (SSSR count). The maximum atomic E-state index is 8.44. The molecule has 0 unspecified atom stereocenters. The van der Waals surface area contributed by atoms with Crippen LogP contribution < -0.4 is 0 Å². The Morgan fingerprint density at radius 1 is 0.933 bits per heavy atom. The van der Waals surface area contributed by atoms with Gasteiger partial charge in [-0.25, -0.2) is 0 Å². The molecule has 0 saturated heterocycles. The Labute approximate surface area is 93.1 Å². The third kappa shape index (κ3) is 13.6. The number of rotatable bonds is 11. The molecule has 15 heavy (non-hydrogen) atoms. The van der Waals surface area contributed by atoms with Crippen LogP contribution in [0.4, 0.5) is 0 Å². The lowest BCUT2D eigenvalue weighted by Crippen LogP contribution is -2.07. The number of aliphatic hydroxyl groups excluding tert-OH is 1. The molecule has 0 aromatic carbocycles. The van der Waals surface area contributed by atoms with Crippen molar-refractivity contribution in [1.29, 1.82) is 0 Å². The normalized spacial score (nSPS) is 11.3. The molecule has 0 atom stereocenters. The third-order valence-corrected chi connectivity index (χ3v) is 1.89. The van der Waals surface area contributed by atoms with E-state index in [0.29, 0.717) is 19.8 Å². The van der Waals surface area contributed by atoms with Gasteiger partial charge < -0.3 is 14.6 Å². The maximum absolute atomic E-state index is 8.44. The zero-order valence-corrected chi connectivity index (χ0v) is 9.78. The summed E-state index contributed by atoms with van der Waals surface area (Å²) in [6.07, 6.45) is 9.00. The van der Waals surface area contributed by atoms with Crippen LogP contribution in [0.15, 0.2) is 12.2 Å². The highest BCUT2D eigenvalue weighted by Crippen LogP contribution is 1.95. The molecule has 0 radical (unpaired) electrons. The van der Waals surface area contributed by atoms with E-state index in [-0.39, 0.29) is 6.61 Å². The zero-order chi connectivity index (χ0) is 11.2. The Morgan fingerprint density at radius 3 is 2.27 bits per heavy atom. The van der Waals surface area contributed by atoms with E-state index in [0.717, 1.165) is 19.4 Å². The molecule has 0 aromatic rings. The van der Waals surface area contributed by atoms with Gasteiger partial charge in [0.15, 0.2) is 0 Å². The first-order valence-corrected chi connectivity index (χ1v) is 5.83. The van der Waals surface area contributed by atoms with Crippen LogP contribution in [0.1, 0.15) is 32.6 Å². The number of unbranched alkanes of at least 4 members (excludes halogenated alkanes) is 2. The first kappa shape index (κ1) is 14.6. The summed E-state index contributed by atoms with van der Waals surface area (Å²) in [6.45, 7) is 4.66. The van der Waals surface area contributed by atoms with E-state index < -0.39 is 0 Å². The van der Waals surface area contributed by atoms with Gasteiger partial charge in [-0.2, -0.15) is 0 Å². The van der Waals surface area contributed by atoms with Crippen molar-refractivity contribution in [3.8, 4) is 0 Å². The summed E-state index contributed by atoms with van der Waals surface area (Å²) in [6, 6.07) is 0. The van der Waals surface area contributed by atoms with Crippen molar-refractivity contribution in [2.75, 3.05) is 33.0 Å². The van der Waals surface area contributed by atoms with Crippen molar-refractivity contribution < 1.29 is 14.6 Å². The number of hydrogen-bond donors (Lipinski definition) is 1. The molecule has 0 aromatic heterocycles. The fraction of sp³-hybridized carbons (Fsp3) is 0.833. The fourth-order valence-electron chi connectivity index (χ4n) is 1.09. The molecule has 1 N–H and O–H groups in total. The Morgan fingerprint density at radius 2 is 1.60 bits per heavy atom. The quantitative estimate of drug-likeness (QED) is 0.425. The van der Waals surface area contributed by atoms with E-state index in [1.54, 1.807) is 0 Å². The van der Waals surface area contributed by atoms with Gasteiger partial charge in [-0.15, -0.1) is 0 Å². The molecule has 3 heteroatoms. The zero-order valence-electron chi connectivity index (χ0n) is 9.78. The van der Waals surface area contributed by atoms with Gasteiger partial charge in [-0.1, -0.05) is 25.5 Å². The summed E-state index contributed by atoms with van der Waals surface area (Å²) < 4.78 is 10.4. The maximum Gasteiger partial charge on any atom is 0.0701 e. The van der Waals surface area contributed by atoms with Crippen LogP contribution in [0.5, 0.6) is 0 Å². The van der Waals surface area contributed by atoms with Crippen molar-refractivity contribution >= 4 is 0 Å². The lowest BCUT2D eigenvalue weighted by atomic mass is 10.2. The number of aliphatic hydroxyl groups is 1. The fourth-order valence-corrected chi connectivity index (χ4v) is 1.09. The molecule has 0 amide bonds. The molecule has 0 fully saturated rings. The van der Waals surface area contributed by atoms with Crippen molar-refractivity contribution in [3.05, 3.63) is 12.2 Å². The average molecular weight is 216 g/mol. The Bertz CT molecular complexity index is 135. The molecule has 0 saturated carbocycles. The van der Waals surface area contributed by atoms with Crippen molar-refractivity contribution in [2.45, 2.75) is 32.6 Å². The number of hydrogen-bond acceptors (Lipinski definition) is 3. The van der Waals surface area contributed by atoms with Crippen LogP contribution in [0.3, 0.4) is 0 Å². The minimum Gasteiger partial charge on any atom is -0.394 e. The molecule has 0 aliphatic heterocycles. The molecule has 0 spiro atoms. The van der Waals surface area contributed by atoms with E-state index in [2.05, 4.69) is 19.1 Å². The Kier molecular flexibility index (Phi) is 13.3. The molecular formula is C12H24O3. The molecule has 0 aliphatic rings. The number of allylic oxidation sites excluding steroid dienone is 2. The second kappa shape index (κ2) is 13.6. The van der Waals surface area contributed by atoms with E-state index >= 15 is 0 Å².